The van der Waals surface area contributed by atoms with Gasteiger partial charge in [0.15, 0.2) is 11.5 Å². The molecule has 7 heteroatoms. The predicted octanol–water partition coefficient (Wildman–Crippen LogP) is 2.86. The van der Waals surface area contributed by atoms with Gasteiger partial charge in [0, 0.05) is 13.2 Å². The van der Waals surface area contributed by atoms with Crippen LogP contribution in [0.5, 0.6) is 11.5 Å². The van der Waals surface area contributed by atoms with E-state index in [0.717, 1.165) is 19.4 Å². The van der Waals surface area contributed by atoms with Crippen LogP contribution in [0.25, 0.3) is 0 Å². The number of methoxy groups -OCH3 is 2. The first-order valence-corrected chi connectivity index (χ1v) is 9.15. The number of amides is 2. The Morgan fingerprint density at radius 2 is 1.82 bits per heavy atom. The molecule has 1 aliphatic heterocycles. The third kappa shape index (κ3) is 4.43. The zero-order valence-corrected chi connectivity index (χ0v) is 16.0. The fourth-order valence-electron chi connectivity index (χ4n) is 3.15. The zero-order valence-electron chi connectivity index (χ0n) is 16.0. The molecule has 2 aromatic rings. The van der Waals surface area contributed by atoms with Gasteiger partial charge >= 0.3 is 0 Å². The molecule has 1 aliphatic rings. The second kappa shape index (κ2) is 9.23. The molecule has 0 aliphatic carbocycles. The highest BCUT2D eigenvalue weighted by Crippen LogP contribution is 2.31. The van der Waals surface area contributed by atoms with E-state index in [1.54, 1.807) is 42.5 Å². The van der Waals surface area contributed by atoms with Crippen LogP contribution in [0.1, 0.15) is 33.6 Å². The number of para-hydroxylation sites is 2. The summed E-state index contributed by atoms with van der Waals surface area (Å²) in [6.45, 7) is 1.18. The molecule has 1 saturated heterocycles. The van der Waals surface area contributed by atoms with E-state index in [0.29, 0.717) is 34.9 Å². The second-order valence-corrected chi connectivity index (χ2v) is 6.39. The number of ether oxygens (including phenoxy) is 3. The van der Waals surface area contributed by atoms with Crippen LogP contribution in [-0.4, -0.2) is 45.3 Å². The summed E-state index contributed by atoms with van der Waals surface area (Å²) >= 11 is 0. The van der Waals surface area contributed by atoms with Crippen molar-refractivity contribution in [2.24, 2.45) is 0 Å². The van der Waals surface area contributed by atoms with Crippen LogP contribution in [-0.2, 0) is 4.74 Å². The van der Waals surface area contributed by atoms with E-state index >= 15 is 0 Å². The largest absolute Gasteiger partial charge is 0.493 e. The van der Waals surface area contributed by atoms with Crippen LogP contribution in [0.15, 0.2) is 42.5 Å². The van der Waals surface area contributed by atoms with E-state index in [4.69, 9.17) is 14.2 Å². The summed E-state index contributed by atoms with van der Waals surface area (Å²) in [5.74, 6) is 0.139. The third-order valence-corrected chi connectivity index (χ3v) is 4.58. The molecule has 0 radical (unpaired) electrons. The van der Waals surface area contributed by atoms with Crippen molar-refractivity contribution in [2.45, 2.75) is 18.9 Å². The van der Waals surface area contributed by atoms with Crippen LogP contribution in [0.3, 0.4) is 0 Å². The van der Waals surface area contributed by atoms with Crippen LogP contribution in [0.4, 0.5) is 5.69 Å². The molecular weight excluding hydrogens is 360 g/mol. The number of rotatable bonds is 7. The first kappa shape index (κ1) is 19.7. The monoisotopic (exact) mass is 384 g/mol. The molecule has 3 rings (SSSR count). The molecule has 0 saturated carbocycles. The number of benzene rings is 2. The molecule has 0 unspecified atom stereocenters. The highest BCUT2D eigenvalue weighted by atomic mass is 16.5. The van der Waals surface area contributed by atoms with Gasteiger partial charge in [0.25, 0.3) is 11.8 Å². The van der Waals surface area contributed by atoms with E-state index in [1.807, 2.05) is 0 Å². The van der Waals surface area contributed by atoms with Gasteiger partial charge in [0.1, 0.15) is 0 Å². The molecule has 148 valence electrons. The molecule has 1 atom stereocenters. The Kier molecular flexibility index (Phi) is 6.49. The smallest absolute Gasteiger partial charge is 0.259 e. The van der Waals surface area contributed by atoms with Crippen molar-refractivity contribution in [1.82, 2.24) is 5.32 Å². The van der Waals surface area contributed by atoms with Gasteiger partial charge < -0.3 is 24.8 Å². The third-order valence-electron chi connectivity index (χ3n) is 4.58. The van der Waals surface area contributed by atoms with Crippen LogP contribution < -0.4 is 20.1 Å². The predicted molar refractivity (Wildman–Crippen MR) is 105 cm³/mol. The first-order valence-electron chi connectivity index (χ1n) is 9.15. The van der Waals surface area contributed by atoms with Crippen LogP contribution >= 0.6 is 0 Å². The Hall–Kier alpha value is -3.06. The van der Waals surface area contributed by atoms with E-state index < -0.39 is 5.91 Å². The van der Waals surface area contributed by atoms with Gasteiger partial charge in [-0.2, -0.15) is 0 Å². The highest BCUT2D eigenvalue weighted by Gasteiger charge is 2.20. The van der Waals surface area contributed by atoms with Gasteiger partial charge in [0.2, 0.25) is 0 Å². The van der Waals surface area contributed by atoms with Gasteiger partial charge in [-0.15, -0.1) is 0 Å². The van der Waals surface area contributed by atoms with Crippen molar-refractivity contribution in [3.8, 4) is 11.5 Å². The maximum atomic E-state index is 12.8. The van der Waals surface area contributed by atoms with Crippen molar-refractivity contribution < 1.29 is 23.8 Å². The fourth-order valence-corrected chi connectivity index (χ4v) is 3.15. The molecule has 2 aromatic carbocycles. The first-order chi connectivity index (χ1) is 13.6. The molecule has 0 aromatic heterocycles. The number of anilines is 1. The summed E-state index contributed by atoms with van der Waals surface area (Å²) in [5, 5.41) is 5.67. The molecule has 0 spiro atoms. The van der Waals surface area contributed by atoms with Crippen molar-refractivity contribution in [2.75, 3.05) is 32.7 Å². The van der Waals surface area contributed by atoms with Crippen molar-refractivity contribution in [3.05, 3.63) is 53.6 Å². The van der Waals surface area contributed by atoms with Gasteiger partial charge in [-0.1, -0.05) is 18.2 Å². The molecule has 0 bridgehead atoms. The number of nitrogens with one attached hydrogen (secondary N) is 2. The average Bonchev–Trinajstić information content (AvgIpc) is 3.25. The lowest BCUT2D eigenvalue weighted by Gasteiger charge is -2.15. The molecule has 2 amide bonds. The normalized spacial score (nSPS) is 15.7. The number of hydrogen-bond acceptors (Lipinski definition) is 5. The molecule has 2 N–H and O–H groups in total. The zero-order chi connectivity index (χ0) is 19.9. The summed E-state index contributed by atoms with van der Waals surface area (Å²) in [6, 6.07) is 11.9. The maximum absolute atomic E-state index is 12.8. The summed E-state index contributed by atoms with van der Waals surface area (Å²) < 4.78 is 16.1. The van der Waals surface area contributed by atoms with Crippen LogP contribution in [0.2, 0.25) is 0 Å². The Labute approximate surface area is 164 Å². The summed E-state index contributed by atoms with van der Waals surface area (Å²) in [4.78, 5) is 25.4. The maximum Gasteiger partial charge on any atom is 0.259 e. The topological polar surface area (TPSA) is 85.9 Å². The van der Waals surface area contributed by atoms with Crippen molar-refractivity contribution in [1.29, 1.82) is 0 Å². The average molecular weight is 384 g/mol. The molecule has 7 nitrogen and oxygen atoms in total. The Balaban J connectivity index is 1.76. The molecule has 28 heavy (non-hydrogen) atoms. The lowest BCUT2D eigenvalue weighted by molar-refractivity contribution is 0.0858. The minimum Gasteiger partial charge on any atom is -0.493 e. The Morgan fingerprint density at radius 3 is 2.54 bits per heavy atom. The van der Waals surface area contributed by atoms with E-state index in [1.165, 1.54) is 14.2 Å². The molecule has 1 heterocycles. The van der Waals surface area contributed by atoms with Gasteiger partial charge in [0.05, 0.1) is 37.1 Å². The Bertz CT molecular complexity index is 846. The lowest BCUT2D eigenvalue weighted by atomic mass is 10.1. The minimum atomic E-state index is -0.393. The van der Waals surface area contributed by atoms with E-state index in [-0.39, 0.29) is 12.0 Å². The lowest BCUT2D eigenvalue weighted by Crippen LogP contribution is -2.32. The fraction of sp³-hybridized carbons (Fsp3) is 0.333. The quantitative estimate of drug-likeness (QED) is 0.767. The van der Waals surface area contributed by atoms with Gasteiger partial charge in [-0.3, -0.25) is 9.59 Å². The second-order valence-electron chi connectivity index (χ2n) is 6.39. The van der Waals surface area contributed by atoms with Crippen molar-refractivity contribution in [3.63, 3.8) is 0 Å². The number of carbonyl (C=O) groups is 2. The summed E-state index contributed by atoms with van der Waals surface area (Å²) in [7, 11) is 2.98. The minimum absolute atomic E-state index is 0.0479. The summed E-state index contributed by atoms with van der Waals surface area (Å²) in [6.07, 6.45) is 2.00. The highest BCUT2D eigenvalue weighted by molar-refractivity contribution is 6.10. The van der Waals surface area contributed by atoms with Crippen molar-refractivity contribution >= 4 is 17.5 Å². The molecule has 1 fully saturated rings. The molecular formula is C21H24N2O5. The van der Waals surface area contributed by atoms with Gasteiger partial charge in [-0.05, 0) is 37.1 Å². The number of hydrogen-bond donors (Lipinski definition) is 2. The Morgan fingerprint density at radius 1 is 1.04 bits per heavy atom. The SMILES string of the molecule is COc1cccc(C(=O)Nc2ccccc2C(=O)NC[C@@H]2CCCO2)c1OC. The number of carbonyl (C=O) groups excluding carboxylic acids is 2. The van der Waals surface area contributed by atoms with E-state index in [9.17, 15) is 9.59 Å². The van der Waals surface area contributed by atoms with E-state index in [2.05, 4.69) is 10.6 Å². The standard InChI is InChI=1S/C21H24N2O5/c1-26-18-11-5-9-16(19(18)27-2)21(25)23-17-10-4-3-8-15(17)20(24)22-13-14-7-6-12-28-14/h3-5,8-11,14H,6-7,12-13H2,1-2H3,(H,22,24)(H,23,25)/t14-/m0/s1. The van der Waals surface area contributed by atoms with Crippen LogP contribution in [0, 0.1) is 0 Å². The van der Waals surface area contributed by atoms with Gasteiger partial charge in [-0.25, -0.2) is 0 Å². The summed E-state index contributed by atoms with van der Waals surface area (Å²) in [5.41, 5.74) is 1.12.